The molecule has 4 aliphatic rings. The van der Waals surface area contributed by atoms with Crippen LogP contribution in [0.15, 0.2) is 0 Å². The van der Waals surface area contributed by atoms with Gasteiger partial charge in [0.05, 0.1) is 12.0 Å². The number of alkyl halides is 3. The minimum absolute atomic E-state index is 0.0697. The van der Waals surface area contributed by atoms with E-state index in [1.807, 2.05) is 0 Å². The number of halogens is 3. The predicted molar refractivity (Wildman–Crippen MR) is 93.7 cm³/mol. The highest BCUT2D eigenvalue weighted by Gasteiger charge is 2.62. The van der Waals surface area contributed by atoms with Gasteiger partial charge >= 0.3 is 6.18 Å². The minimum Gasteiger partial charge on any atom is -0.393 e. The molecule has 9 atom stereocenters. The van der Waals surface area contributed by atoms with Crippen molar-refractivity contribution in [2.45, 2.75) is 83.6 Å². The minimum atomic E-state index is -4.75. The lowest BCUT2D eigenvalue weighted by Crippen LogP contribution is -2.57. The van der Waals surface area contributed by atoms with Crippen LogP contribution in [-0.2, 0) is 4.79 Å². The first-order valence-corrected chi connectivity index (χ1v) is 10.4. The lowest BCUT2D eigenvalue weighted by molar-refractivity contribution is -0.229. The molecule has 0 bridgehead atoms. The van der Waals surface area contributed by atoms with E-state index in [0.29, 0.717) is 11.8 Å². The second-order valence-corrected chi connectivity index (χ2v) is 10.3. The van der Waals surface area contributed by atoms with Crippen molar-refractivity contribution < 1.29 is 28.2 Å². The molecule has 0 aromatic heterocycles. The maximum absolute atomic E-state index is 13.1. The van der Waals surface area contributed by atoms with Gasteiger partial charge in [-0.1, -0.05) is 13.8 Å². The van der Waals surface area contributed by atoms with Gasteiger partial charge in [0.1, 0.15) is 5.78 Å². The van der Waals surface area contributed by atoms with E-state index in [1.54, 1.807) is 0 Å². The Morgan fingerprint density at radius 3 is 2.37 bits per heavy atom. The van der Waals surface area contributed by atoms with Crippen LogP contribution in [0.3, 0.4) is 0 Å². The molecule has 6 heteroatoms. The largest absolute Gasteiger partial charge is 0.415 e. The first kappa shape index (κ1) is 19.7. The average Bonchev–Trinajstić information content (AvgIpc) is 2.89. The topological polar surface area (TPSA) is 57.5 Å². The summed E-state index contributed by atoms with van der Waals surface area (Å²) in [5, 5.41) is 20.3. The Kier molecular flexibility index (Phi) is 4.51. The maximum atomic E-state index is 13.1. The van der Waals surface area contributed by atoms with E-state index in [2.05, 4.69) is 13.8 Å². The number of aliphatic hydroxyl groups is 2. The van der Waals surface area contributed by atoms with Gasteiger partial charge in [-0.25, -0.2) is 0 Å². The van der Waals surface area contributed by atoms with Crippen molar-refractivity contribution in [2.24, 2.45) is 40.4 Å². The van der Waals surface area contributed by atoms with Crippen LogP contribution < -0.4 is 0 Å². The van der Waals surface area contributed by atoms with Crippen LogP contribution in [0.1, 0.15) is 65.2 Å². The van der Waals surface area contributed by atoms with E-state index in [9.17, 15) is 28.2 Å². The lowest BCUT2D eigenvalue weighted by Gasteiger charge is -2.61. The molecule has 4 saturated carbocycles. The summed E-state index contributed by atoms with van der Waals surface area (Å²) in [5.41, 5.74) is -0.400. The van der Waals surface area contributed by atoms with Gasteiger partial charge in [0, 0.05) is 6.42 Å². The number of carbonyl (C=O) groups excluding carboxylic acids is 1. The first-order valence-electron chi connectivity index (χ1n) is 10.4. The Hall–Kier alpha value is -0.620. The molecule has 0 radical (unpaired) electrons. The van der Waals surface area contributed by atoms with Crippen molar-refractivity contribution in [2.75, 3.05) is 0 Å². The van der Waals surface area contributed by atoms with Crippen LogP contribution in [-0.4, -0.2) is 34.4 Å². The highest BCUT2D eigenvalue weighted by molar-refractivity contribution is 5.83. The van der Waals surface area contributed by atoms with Gasteiger partial charge in [-0.05, 0) is 79.4 Å². The molecule has 0 saturated heterocycles. The summed E-state index contributed by atoms with van der Waals surface area (Å²) in [6.45, 7) is 4.26. The van der Waals surface area contributed by atoms with E-state index < -0.39 is 24.0 Å². The van der Waals surface area contributed by atoms with Crippen LogP contribution in [0.2, 0.25) is 0 Å². The molecule has 0 spiro atoms. The third-order valence-corrected chi connectivity index (χ3v) is 9.25. The third kappa shape index (κ3) is 2.80. The van der Waals surface area contributed by atoms with Gasteiger partial charge in [0.2, 0.25) is 0 Å². The van der Waals surface area contributed by atoms with Gasteiger partial charge in [0.15, 0.2) is 6.10 Å². The Bertz CT molecular complexity index is 620. The van der Waals surface area contributed by atoms with Crippen LogP contribution >= 0.6 is 0 Å². The zero-order valence-corrected chi connectivity index (χ0v) is 16.1. The number of ketones is 1. The molecule has 0 aliphatic heterocycles. The quantitative estimate of drug-likeness (QED) is 0.711. The average molecular weight is 388 g/mol. The van der Waals surface area contributed by atoms with Gasteiger partial charge in [-0.3, -0.25) is 4.79 Å². The van der Waals surface area contributed by atoms with Crippen LogP contribution in [0.4, 0.5) is 13.2 Å². The number of rotatable bonds is 1. The summed E-state index contributed by atoms with van der Waals surface area (Å²) in [6, 6.07) is 0. The van der Waals surface area contributed by atoms with Crippen LogP contribution in [0.5, 0.6) is 0 Å². The maximum Gasteiger partial charge on any atom is 0.415 e. The summed E-state index contributed by atoms with van der Waals surface area (Å²) in [5.74, 6) is -0.494. The highest BCUT2D eigenvalue weighted by Crippen LogP contribution is 2.66. The monoisotopic (exact) mass is 388 g/mol. The van der Waals surface area contributed by atoms with E-state index in [4.69, 9.17) is 0 Å². The van der Waals surface area contributed by atoms with Gasteiger partial charge in [-0.15, -0.1) is 0 Å². The summed E-state index contributed by atoms with van der Waals surface area (Å²) < 4.78 is 39.4. The van der Waals surface area contributed by atoms with Gasteiger partial charge in [-0.2, -0.15) is 13.2 Å². The fourth-order valence-corrected chi connectivity index (χ4v) is 7.66. The molecule has 0 unspecified atom stereocenters. The lowest BCUT2D eigenvalue weighted by atomic mass is 9.44. The molecule has 4 aliphatic carbocycles. The van der Waals surface area contributed by atoms with Crippen molar-refractivity contribution in [3.63, 3.8) is 0 Å². The van der Waals surface area contributed by atoms with E-state index in [1.165, 1.54) is 0 Å². The SMILES string of the molecule is C[C@]12C[C@H]([C@H](O)C(F)(F)F)C(=O)C[C@@H]1CC[C@@H]1[C@@H]2CC[C@]2(C)[C@H](O)CC[C@@H]12. The normalized spacial score (nSPS) is 51.3. The second-order valence-electron chi connectivity index (χ2n) is 10.3. The molecular weight excluding hydrogens is 357 g/mol. The zero-order chi connectivity index (χ0) is 19.8. The Balaban J connectivity index is 1.62. The number of hydrogen-bond acceptors (Lipinski definition) is 3. The van der Waals surface area contributed by atoms with E-state index in [0.717, 1.165) is 38.5 Å². The number of hydrogen-bond donors (Lipinski definition) is 2. The molecule has 0 aromatic carbocycles. The predicted octanol–water partition coefficient (Wildman–Crippen LogP) is 4.11. The van der Waals surface area contributed by atoms with Crippen LogP contribution in [0, 0.1) is 40.4 Å². The first-order chi connectivity index (χ1) is 12.5. The second kappa shape index (κ2) is 6.19. The molecule has 0 aromatic rings. The number of carbonyl (C=O) groups is 1. The molecule has 4 fully saturated rings. The summed E-state index contributed by atoms with van der Waals surface area (Å²) in [4.78, 5) is 12.4. The Morgan fingerprint density at radius 2 is 1.70 bits per heavy atom. The zero-order valence-electron chi connectivity index (χ0n) is 16.1. The molecule has 3 nitrogen and oxygen atoms in total. The number of fused-ring (bicyclic) bond motifs is 5. The van der Waals surface area contributed by atoms with Crippen molar-refractivity contribution in [1.82, 2.24) is 0 Å². The van der Waals surface area contributed by atoms with Crippen molar-refractivity contribution >= 4 is 5.78 Å². The summed E-state index contributed by atoms with van der Waals surface area (Å²) in [7, 11) is 0. The third-order valence-electron chi connectivity index (χ3n) is 9.25. The van der Waals surface area contributed by atoms with Crippen LogP contribution in [0.25, 0.3) is 0 Å². The van der Waals surface area contributed by atoms with Crippen molar-refractivity contribution in [3.05, 3.63) is 0 Å². The highest BCUT2D eigenvalue weighted by atomic mass is 19.4. The smallest absolute Gasteiger partial charge is 0.393 e. The number of Topliss-reactive ketones (excluding diaryl/α,β-unsaturated/α-hetero) is 1. The Labute approximate surface area is 158 Å². The molecule has 4 rings (SSSR count). The summed E-state index contributed by atoms with van der Waals surface area (Å²) >= 11 is 0. The fraction of sp³-hybridized carbons (Fsp3) is 0.952. The molecule has 0 amide bonds. The van der Waals surface area contributed by atoms with E-state index >= 15 is 0 Å². The standard InChI is InChI=1S/C21H31F3O3/c1-19-8-7-15-12(14(19)5-6-17(19)26)4-3-11-9-16(25)13(10-20(11,15)2)18(27)21(22,23)24/h11-15,17-18,26-27H,3-10H2,1-2H3/t11-,12-,13-,14-,15-,17+,18-,19-,20-/m0/s1. The molecule has 154 valence electrons. The van der Waals surface area contributed by atoms with E-state index in [-0.39, 0.29) is 41.6 Å². The molecule has 0 heterocycles. The molecule has 27 heavy (non-hydrogen) atoms. The van der Waals surface area contributed by atoms with Gasteiger partial charge < -0.3 is 10.2 Å². The van der Waals surface area contributed by atoms with Crippen molar-refractivity contribution in [1.29, 1.82) is 0 Å². The fourth-order valence-electron chi connectivity index (χ4n) is 7.66. The van der Waals surface area contributed by atoms with Crippen molar-refractivity contribution in [3.8, 4) is 0 Å². The summed E-state index contributed by atoms with van der Waals surface area (Å²) in [6.07, 6.45) is -1.76. The van der Waals surface area contributed by atoms with Gasteiger partial charge in [0.25, 0.3) is 0 Å². The molecular formula is C21H31F3O3. The number of aliphatic hydroxyl groups excluding tert-OH is 2. The Morgan fingerprint density at radius 1 is 1.04 bits per heavy atom. The molecule has 2 N–H and O–H groups in total.